The maximum Gasteiger partial charge on any atom is 0.513 e. The zero-order valence-electron chi connectivity index (χ0n) is 9.24. The monoisotopic (exact) mass is 242 g/mol. The Morgan fingerprint density at radius 2 is 1.94 bits per heavy atom. The summed E-state index contributed by atoms with van der Waals surface area (Å²) in [6, 6.07) is 6.55. The van der Waals surface area contributed by atoms with Crippen molar-refractivity contribution in [3.8, 4) is 5.75 Å². The smallest absolute Gasteiger partial charge is 0.434 e. The molecule has 0 heterocycles. The van der Waals surface area contributed by atoms with Gasteiger partial charge < -0.3 is 9.47 Å². The lowest BCUT2D eigenvalue weighted by Crippen LogP contribution is -2.11. The lowest BCUT2D eigenvalue weighted by atomic mass is 10.3. The summed E-state index contributed by atoms with van der Waals surface area (Å²) in [7, 11) is 0. The van der Waals surface area contributed by atoms with Crippen molar-refractivity contribution in [1.82, 2.24) is 0 Å². The first-order chi connectivity index (χ1) is 7.72. The molecule has 88 valence electrons. The molecule has 0 amide bonds. The molecule has 0 aromatic heterocycles. The molecule has 0 saturated heterocycles. The lowest BCUT2D eigenvalue weighted by Gasteiger charge is -2.05. The SMILES string of the molecule is CCCCCOC(=O)Oc1ccc(Cl)cc1. The summed E-state index contributed by atoms with van der Waals surface area (Å²) in [5.74, 6) is 0.435. The van der Waals surface area contributed by atoms with Crippen LogP contribution >= 0.6 is 11.6 Å². The van der Waals surface area contributed by atoms with Gasteiger partial charge in [-0.25, -0.2) is 4.79 Å². The van der Waals surface area contributed by atoms with Crippen LogP contribution in [0.15, 0.2) is 24.3 Å². The summed E-state index contributed by atoms with van der Waals surface area (Å²) in [6.07, 6.45) is 2.34. The molecule has 1 aromatic rings. The van der Waals surface area contributed by atoms with Crippen LogP contribution in [0, 0.1) is 0 Å². The molecule has 3 nitrogen and oxygen atoms in total. The first kappa shape index (κ1) is 12.8. The molecule has 0 aliphatic rings. The van der Waals surface area contributed by atoms with Crippen LogP contribution in [0.2, 0.25) is 5.02 Å². The average molecular weight is 243 g/mol. The van der Waals surface area contributed by atoms with Crippen molar-refractivity contribution in [3.63, 3.8) is 0 Å². The molecular weight excluding hydrogens is 228 g/mol. The number of carbonyl (C=O) groups excluding carboxylic acids is 1. The molecule has 0 radical (unpaired) electrons. The zero-order chi connectivity index (χ0) is 11.8. The van der Waals surface area contributed by atoms with E-state index in [1.54, 1.807) is 24.3 Å². The van der Waals surface area contributed by atoms with Gasteiger partial charge in [0.15, 0.2) is 0 Å². The molecule has 0 saturated carbocycles. The van der Waals surface area contributed by atoms with Crippen LogP contribution in [0.5, 0.6) is 5.75 Å². The fourth-order valence-corrected chi connectivity index (χ4v) is 1.26. The molecule has 0 aliphatic carbocycles. The van der Waals surface area contributed by atoms with Crippen molar-refractivity contribution in [3.05, 3.63) is 29.3 Å². The van der Waals surface area contributed by atoms with Crippen LogP contribution in [-0.2, 0) is 4.74 Å². The third kappa shape index (κ3) is 5.03. The minimum absolute atomic E-state index is 0.403. The van der Waals surface area contributed by atoms with Crippen LogP contribution in [0.4, 0.5) is 4.79 Å². The van der Waals surface area contributed by atoms with Gasteiger partial charge in [-0.05, 0) is 30.7 Å². The minimum Gasteiger partial charge on any atom is -0.434 e. The van der Waals surface area contributed by atoms with Crippen LogP contribution in [0.1, 0.15) is 26.2 Å². The second-order valence-electron chi connectivity index (χ2n) is 3.36. The average Bonchev–Trinajstić information content (AvgIpc) is 2.28. The molecule has 0 spiro atoms. The first-order valence-electron chi connectivity index (χ1n) is 5.32. The lowest BCUT2D eigenvalue weighted by molar-refractivity contribution is 0.0974. The number of rotatable bonds is 5. The number of carbonyl (C=O) groups is 1. The Labute approximate surface area is 100 Å². The number of halogens is 1. The standard InChI is InChI=1S/C12H15ClO3/c1-2-3-4-9-15-12(14)16-11-7-5-10(13)6-8-11/h5-8H,2-4,9H2,1H3. The number of benzene rings is 1. The summed E-state index contributed by atoms with van der Waals surface area (Å²) < 4.78 is 9.81. The molecule has 0 unspecified atom stereocenters. The fourth-order valence-electron chi connectivity index (χ4n) is 1.14. The van der Waals surface area contributed by atoms with Crippen LogP contribution in [0.3, 0.4) is 0 Å². The summed E-state index contributed by atoms with van der Waals surface area (Å²) >= 11 is 5.69. The fraction of sp³-hybridized carbons (Fsp3) is 0.417. The van der Waals surface area contributed by atoms with Gasteiger partial charge in [-0.15, -0.1) is 0 Å². The Bertz CT molecular complexity index is 322. The van der Waals surface area contributed by atoms with Crippen molar-refractivity contribution in [2.75, 3.05) is 6.61 Å². The Balaban J connectivity index is 2.26. The van der Waals surface area contributed by atoms with Gasteiger partial charge >= 0.3 is 6.16 Å². The molecule has 4 heteroatoms. The summed E-state index contributed by atoms with van der Waals surface area (Å²) in [5.41, 5.74) is 0. The van der Waals surface area contributed by atoms with E-state index in [0.717, 1.165) is 19.3 Å². The van der Waals surface area contributed by atoms with Crippen LogP contribution < -0.4 is 4.74 Å². The predicted octanol–water partition coefficient (Wildman–Crippen LogP) is 4.05. The minimum atomic E-state index is -0.668. The second kappa shape index (κ2) is 7.12. The first-order valence-corrected chi connectivity index (χ1v) is 5.70. The van der Waals surface area contributed by atoms with Crippen molar-refractivity contribution in [2.24, 2.45) is 0 Å². The van der Waals surface area contributed by atoms with E-state index in [2.05, 4.69) is 6.92 Å². The molecule has 1 rings (SSSR count). The summed E-state index contributed by atoms with van der Waals surface area (Å²) in [5, 5.41) is 0.601. The molecule has 1 aromatic carbocycles. The van der Waals surface area contributed by atoms with Gasteiger partial charge in [0.2, 0.25) is 0 Å². The van der Waals surface area contributed by atoms with Gasteiger partial charge in [0.1, 0.15) is 5.75 Å². The third-order valence-corrected chi connectivity index (χ3v) is 2.23. The number of ether oxygens (including phenoxy) is 2. The molecule has 0 atom stereocenters. The van der Waals surface area contributed by atoms with E-state index in [-0.39, 0.29) is 0 Å². The second-order valence-corrected chi connectivity index (χ2v) is 3.80. The maximum atomic E-state index is 11.2. The van der Waals surface area contributed by atoms with Crippen molar-refractivity contribution < 1.29 is 14.3 Å². The van der Waals surface area contributed by atoms with Crippen molar-refractivity contribution in [2.45, 2.75) is 26.2 Å². The van der Waals surface area contributed by atoms with Gasteiger partial charge in [-0.2, -0.15) is 0 Å². The number of hydrogen-bond acceptors (Lipinski definition) is 3. The topological polar surface area (TPSA) is 35.5 Å². The predicted molar refractivity (Wildman–Crippen MR) is 63.0 cm³/mol. The van der Waals surface area contributed by atoms with Gasteiger partial charge in [-0.1, -0.05) is 31.4 Å². The molecule has 0 fully saturated rings. The Morgan fingerprint density at radius 1 is 1.25 bits per heavy atom. The van der Waals surface area contributed by atoms with E-state index in [1.807, 2.05) is 0 Å². The van der Waals surface area contributed by atoms with Crippen molar-refractivity contribution >= 4 is 17.8 Å². The Hall–Kier alpha value is -1.22. The highest BCUT2D eigenvalue weighted by atomic mass is 35.5. The highest BCUT2D eigenvalue weighted by Crippen LogP contribution is 2.15. The van der Waals surface area contributed by atoms with Gasteiger partial charge in [0.05, 0.1) is 6.61 Å². The number of hydrogen-bond donors (Lipinski definition) is 0. The van der Waals surface area contributed by atoms with Gasteiger partial charge in [0.25, 0.3) is 0 Å². The maximum absolute atomic E-state index is 11.2. The summed E-state index contributed by atoms with van der Waals surface area (Å²) in [4.78, 5) is 11.2. The van der Waals surface area contributed by atoms with Crippen molar-refractivity contribution in [1.29, 1.82) is 0 Å². The Kier molecular flexibility index (Phi) is 5.72. The molecular formula is C12H15ClO3. The van der Waals surface area contributed by atoms with Crippen LogP contribution in [0.25, 0.3) is 0 Å². The zero-order valence-corrected chi connectivity index (χ0v) is 10.00. The number of unbranched alkanes of at least 4 members (excludes halogenated alkanes) is 2. The van der Waals surface area contributed by atoms with Crippen LogP contribution in [-0.4, -0.2) is 12.8 Å². The van der Waals surface area contributed by atoms with E-state index in [9.17, 15) is 4.79 Å². The molecule has 16 heavy (non-hydrogen) atoms. The van der Waals surface area contributed by atoms with Gasteiger partial charge in [0, 0.05) is 5.02 Å². The highest BCUT2D eigenvalue weighted by molar-refractivity contribution is 6.30. The van der Waals surface area contributed by atoms with E-state index < -0.39 is 6.16 Å². The van der Waals surface area contributed by atoms with E-state index >= 15 is 0 Å². The quantitative estimate of drug-likeness (QED) is 0.444. The van der Waals surface area contributed by atoms with E-state index in [4.69, 9.17) is 21.1 Å². The Morgan fingerprint density at radius 3 is 2.56 bits per heavy atom. The summed E-state index contributed by atoms with van der Waals surface area (Å²) in [6.45, 7) is 2.49. The van der Waals surface area contributed by atoms with E-state index in [1.165, 1.54) is 0 Å². The van der Waals surface area contributed by atoms with Gasteiger partial charge in [-0.3, -0.25) is 0 Å². The highest BCUT2D eigenvalue weighted by Gasteiger charge is 2.05. The normalized spacial score (nSPS) is 9.88. The molecule has 0 N–H and O–H groups in total. The third-order valence-electron chi connectivity index (χ3n) is 1.98. The molecule has 0 aliphatic heterocycles. The van der Waals surface area contributed by atoms with E-state index in [0.29, 0.717) is 17.4 Å². The molecule has 0 bridgehead atoms. The largest absolute Gasteiger partial charge is 0.513 e.